The van der Waals surface area contributed by atoms with Gasteiger partial charge in [0.25, 0.3) is 0 Å². The molecule has 12 unspecified atom stereocenters. The molecule has 2 rings (SSSR count). The number of hydrogen-bond donors (Lipinski definition) is 9. The second-order valence-corrected chi connectivity index (χ2v) is 14.7. The molecule has 14 heteroatoms. The van der Waals surface area contributed by atoms with Gasteiger partial charge in [0.05, 0.1) is 32.0 Å². The van der Waals surface area contributed by atoms with E-state index >= 15 is 0 Å². The number of unbranched alkanes of at least 4 members (excludes halogenated alkanes) is 8. The van der Waals surface area contributed by atoms with Crippen LogP contribution in [0.1, 0.15) is 110 Å². The Hall–Kier alpha value is -2.31. The van der Waals surface area contributed by atoms with E-state index < -0.39 is 86.8 Å². The van der Waals surface area contributed by atoms with Crippen LogP contribution >= 0.6 is 0 Å². The number of carbonyl (C=O) groups excluding carboxylic acids is 1. The van der Waals surface area contributed by atoms with Crippen molar-refractivity contribution in [3.63, 3.8) is 0 Å². The molecule has 9 N–H and O–H groups in total. The van der Waals surface area contributed by atoms with Gasteiger partial charge in [-0.05, 0) is 57.8 Å². The maximum atomic E-state index is 13.0. The fourth-order valence-corrected chi connectivity index (χ4v) is 6.45. The Balaban J connectivity index is 1.93. The summed E-state index contributed by atoms with van der Waals surface area (Å²) in [5.74, 6) is -0.288. The van der Waals surface area contributed by atoms with Crippen molar-refractivity contribution in [3.8, 4) is 0 Å². The molecule has 0 spiro atoms. The number of rotatable bonds is 29. The molecule has 2 aliphatic heterocycles. The lowest BCUT2D eigenvalue weighted by molar-refractivity contribution is -0.359. The van der Waals surface area contributed by atoms with Crippen molar-refractivity contribution in [3.05, 3.63) is 60.8 Å². The second-order valence-electron chi connectivity index (χ2n) is 14.7. The fraction of sp³-hybridized carbons (Fsp3) is 0.744. The normalized spacial score (nSPS) is 29.7. The van der Waals surface area contributed by atoms with Crippen LogP contribution in [-0.4, -0.2) is 140 Å². The Kier molecular flexibility index (Phi) is 27.4. The maximum absolute atomic E-state index is 13.0. The number of aliphatic hydroxyl groups is 8. The van der Waals surface area contributed by atoms with E-state index in [1.807, 2.05) is 6.08 Å². The molecule has 2 heterocycles. The highest BCUT2D eigenvalue weighted by Crippen LogP contribution is 2.29. The SMILES string of the molecule is CC/C=C\C/C=C\C/C=C\C/C=C\CCCCC(=O)NC(COC1OC(CO)C(OC2OC(CO)C(O)C(O)C2O)C(O)C1O)C(O)/C=C/CCCCCCCC. The van der Waals surface area contributed by atoms with Gasteiger partial charge in [0.1, 0.15) is 48.8 Å². The lowest BCUT2D eigenvalue weighted by atomic mass is 9.97. The minimum absolute atomic E-state index is 0.225. The van der Waals surface area contributed by atoms with Crippen LogP contribution in [0.15, 0.2) is 60.8 Å². The topological polar surface area (TPSA) is 228 Å². The van der Waals surface area contributed by atoms with E-state index in [2.05, 4.69) is 67.8 Å². The van der Waals surface area contributed by atoms with Gasteiger partial charge in [0, 0.05) is 6.42 Å². The van der Waals surface area contributed by atoms with Crippen LogP contribution in [0.25, 0.3) is 0 Å². The smallest absolute Gasteiger partial charge is 0.220 e. The molecule has 0 aliphatic carbocycles. The highest BCUT2D eigenvalue weighted by atomic mass is 16.7. The monoisotopic (exact) mass is 812 g/mol. The summed E-state index contributed by atoms with van der Waals surface area (Å²) < 4.78 is 22.5. The number of hydrogen-bond acceptors (Lipinski definition) is 13. The molecule has 1 amide bonds. The van der Waals surface area contributed by atoms with Crippen LogP contribution in [0, 0.1) is 0 Å². The summed E-state index contributed by atoms with van der Waals surface area (Å²) in [6.45, 7) is 2.54. The first kappa shape index (κ1) is 50.8. The van der Waals surface area contributed by atoms with E-state index in [0.717, 1.165) is 64.2 Å². The first-order chi connectivity index (χ1) is 27.6. The lowest BCUT2D eigenvalue weighted by Crippen LogP contribution is -2.65. The summed E-state index contributed by atoms with van der Waals surface area (Å²) in [5, 5.41) is 86.1. The van der Waals surface area contributed by atoms with Gasteiger partial charge < -0.3 is 65.1 Å². The number of amides is 1. The molecule has 14 nitrogen and oxygen atoms in total. The molecule has 12 atom stereocenters. The van der Waals surface area contributed by atoms with Gasteiger partial charge >= 0.3 is 0 Å². The summed E-state index contributed by atoms with van der Waals surface area (Å²) in [6, 6.07) is -0.934. The molecule has 0 saturated carbocycles. The minimum atomic E-state index is -1.79. The van der Waals surface area contributed by atoms with Crippen LogP contribution in [-0.2, 0) is 23.7 Å². The Bertz CT molecular complexity index is 1190. The van der Waals surface area contributed by atoms with Gasteiger partial charge in [-0.15, -0.1) is 0 Å². The second kappa shape index (κ2) is 30.7. The van der Waals surface area contributed by atoms with Gasteiger partial charge in [-0.25, -0.2) is 0 Å². The van der Waals surface area contributed by atoms with E-state index in [-0.39, 0.29) is 18.9 Å². The van der Waals surface area contributed by atoms with Crippen LogP contribution < -0.4 is 5.32 Å². The van der Waals surface area contributed by atoms with Gasteiger partial charge in [-0.1, -0.05) is 107 Å². The maximum Gasteiger partial charge on any atom is 0.220 e. The molecular weight excluding hydrogens is 738 g/mol. The molecule has 0 aromatic heterocycles. The van der Waals surface area contributed by atoms with Crippen molar-refractivity contribution in [1.29, 1.82) is 0 Å². The van der Waals surface area contributed by atoms with Gasteiger partial charge in [0.15, 0.2) is 12.6 Å². The average molecular weight is 812 g/mol. The van der Waals surface area contributed by atoms with Crippen LogP contribution in [0.4, 0.5) is 0 Å². The zero-order valence-electron chi connectivity index (χ0n) is 34.0. The third-order valence-electron chi connectivity index (χ3n) is 9.96. The standard InChI is InChI=1S/C43H73NO13/c1-3-5-7-9-11-13-14-15-16-17-18-19-21-23-25-27-35(48)44-31(32(47)26-24-22-20-12-10-8-6-4-2)30-54-42-40(53)38(51)41(34(29-46)56-42)57-43-39(52)37(50)36(49)33(28-45)55-43/h5,7,11,13,15-16,18-19,24,26,31-34,36-43,45-47,49-53H,3-4,6,8-10,12,14,17,20-23,25,27-30H2,1-2H3,(H,44,48)/b7-5-,13-11-,16-15-,19-18-,26-24+. The van der Waals surface area contributed by atoms with Crippen LogP contribution in [0.3, 0.4) is 0 Å². The number of aliphatic hydroxyl groups excluding tert-OH is 8. The van der Waals surface area contributed by atoms with Gasteiger partial charge in [-0.3, -0.25) is 4.79 Å². The quantitative estimate of drug-likeness (QED) is 0.0392. The Morgan fingerprint density at radius 2 is 1.21 bits per heavy atom. The molecule has 0 aromatic rings. The Morgan fingerprint density at radius 3 is 1.86 bits per heavy atom. The predicted molar refractivity (Wildman–Crippen MR) is 217 cm³/mol. The average Bonchev–Trinajstić information content (AvgIpc) is 3.21. The molecule has 2 saturated heterocycles. The van der Waals surface area contributed by atoms with Crippen molar-refractivity contribution >= 4 is 5.91 Å². The van der Waals surface area contributed by atoms with E-state index in [1.165, 1.54) is 19.3 Å². The Labute approximate surface area is 339 Å². The largest absolute Gasteiger partial charge is 0.394 e. The third kappa shape index (κ3) is 19.5. The van der Waals surface area contributed by atoms with Crippen LogP contribution in [0.2, 0.25) is 0 Å². The zero-order valence-corrected chi connectivity index (χ0v) is 34.0. The highest BCUT2D eigenvalue weighted by molar-refractivity contribution is 5.76. The Morgan fingerprint density at radius 1 is 0.649 bits per heavy atom. The lowest BCUT2D eigenvalue weighted by Gasteiger charge is -2.46. The minimum Gasteiger partial charge on any atom is -0.394 e. The van der Waals surface area contributed by atoms with Crippen molar-refractivity contribution in [2.75, 3.05) is 19.8 Å². The van der Waals surface area contributed by atoms with E-state index in [1.54, 1.807) is 6.08 Å². The molecule has 2 aliphatic rings. The zero-order chi connectivity index (χ0) is 41.8. The number of nitrogens with one attached hydrogen (secondary N) is 1. The summed E-state index contributed by atoms with van der Waals surface area (Å²) >= 11 is 0. The van der Waals surface area contributed by atoms with Crippen molar-refractivity contribution in [2.24, 2.45) is 0 Å². The summed E-state index contributed by atoms with van der Waals surface area (Å²) in [5.41, 5.74) is 0. The van der Waals surface area contributed by atoms with E-state index in [9.17, 15) is 45.6 Å². The molecule has 0 aromatic carbocycles. The molecular formula is C43H73NO13. The van der Waals surface area contributed by atoms with Crippen molar-refractivity contribution in [1.82, 2.24) is 5.32 Å². The third-order valence-corrected chi connectivity index (χ3v) is 9.96. The van der Waals surface area contributed by atoms with Gasteiger partial charge in [0.2, 0.25) is 5.91 Å². The first-order valence-corrected chi connectivity index (χ1v) is 21.0. The summed E-state index contributed by atoms with van der Waals surface area (Å²) in [7, 11) is 0. The van der Waals surface area contributed by atoms with Crippen molar-refractivity contribution < 1.29 is 64.6 Å². The molecule has 2 fully saturated rings. The highest BCUT2D eigenvalue weighted by Gasteiger charge is 2.50. The predicted octanol–water partition coefficient (Wildman–Crippen LogP) is 3.15. The number of ether oxygens (including phenoxy) is 4. The molecule has 0 bridgehead atoms. The van der Waals surface area contributed by atoms with Crippen molar-refractivity contribution in [2.45, 2.75) is 184 Å². The summed E-state index contributed by atoms with van der Waals surface area (Å²) in [6.07, 6.45) is 17.3. The molecule has 0 radical (unpaired) electrons. The molecule has 328 valence electrons. The molecule has 57 heavy (non-hydrogen) atoms. The fourth-order valence-electron chi connectivity index (χ4n) is 6.45. The number of carbonyl (C=O) groups is 1. The van der Waals surface area contributed by atoms with E-state index in [0.29, 0.717) is 6.42 Å². The number of allylic oxidation sites excluding steroid dienone is 9. The first-order valence-electron chi connectivity index (χ1n) is 21.0. The van der Waals surface area contributed by atoms with Crippen LogP contribution in [0.5, 0.6) is 0 Å². The van der Waals surface area contributed by atoms with E-state index in [4.69, 9.17) is 18.9 Å². The summed E-state index contributed by atoms with van der Waals surface area (Å²) in [4.78, 5) is 13.0. The van der Waals surface area contributed by atoms with Gasteiger partial charge in [-0.2, -0.15) is 0 Å².